The molecule has 1 fully saturated rings. The maximum absolute atomic E-state index is 13.3. The molecular formula is C30H32N2O4. The first-order valence-corrected chi connectivity index (χ1v) is 12.1. The van der Waals surface area contributed by atoms with Crippen LogP contribution in [-0.4, -0.2) is 32.8 Å². The van der Waals surface area contributed by atoms with Crippen molar-refractivity contribution in [1.82, 2.24) is 9.88 Å². The predicted octanol–water partition coefficient (Wildman–Crippen LogP) is 5.79. The maximum Gasteiger partial charge on any atom is 0.295 e. The van der Waals surface area contributed by atoms with Crippen LogP contribution in [-0.2, 0) is 21.5 Å². The molecule has 1 aliphatic heterocycles. The number of rotatable bonds is 6. The van der Waals surface area contributed by atoms with E-state index in [9.17, 15) is 14.7 Å². The van der Waals surface area contributed by atoms with Crippen molar-refractivity contribution in [3.8, 4) is 5.75 Å². The number of ether oxygens (including phenoxy) is 1. The molecule has 6 nitrogen and oxygen atoms in total. The number of aliphatic hydroxyl groups excluding tert-OH is 1. The Labute approximate surface area is 212 Å². The zero-order valence-corrected chi connectivity index (χ0v) is 21.4. The fourth-order valence-corrected chi connectivity index (χ4v) is 4.36. The third-order valence-electron chi connectivity index (χ3n) is 6.21. The van der Waals surface area contributed by atoms with E-state index in [4.69, 9.17) is 4.74 Å². The SMILES string of the molecule is CC(C)Oc1ccc(/C(O)=C2\C(=O)C(=O)N(Cc3cccnc3)[C@@H]2c2ccc(C(C)(C)C)cc2)cc1. The fourth-order valence-electron chi connectivity index (χ4n) is 4.36. The van der Waals surface area contributed by atoms with Gasteiger partial charge in [-0.05, 0) is 66.3 Å². The fraction of sp³-hybridized carbons (Fsp3) is 0.300. The molecule has 0 spiro atoms. The number of ketones is 1. The third kappa shape index (κ3) is 5.18. The van der Waals surface area contributed by atoms with Crippen LogP contribution in [0.3, 0.4) is 0 Å². The zero-order valence-electron chi connectivity index (χ0n) is 21.4. The molecular weight excluding hydrogens is 452 g/mol. The van der Waals surface area contributed by atoms with Crippen LogP contribution in [0.25, 0.3) is 5.76 Å². The lowest BCUT2D eigenvalue weighted by Gasteiger charge is -2.26. The number of hydrogen-bond acceptors (Lipinski definition) is 5. The van der Waals surface area contributed by atoms with Gasteiger partial charge in [0.25, 0.3) is 11.7 Å². The van der Waals surface area contributed by atoms with Crippen LogP contribution in [0.4, 0.5) is 0 Å². The van der Waals surface area contributed by atoms with Crippen molar-refractivity contribution in [1.29, 1.82) is 0 Å². The van der Waals surface area contributed by atoms with Crippen LogP contribution in [0, 0.1) is 0 Å². The number of amides is 1. The molecule has 2 aromatic carbocycles. The van der Waals surface area contributed by atoms with Crippen LogP contribution in [0.15, 0.2) is 78.6 Å². The second-order valence-corrected chi connectivity index (χ2v) is 10.4. The normalized spacial score (nSPS) is 17.6. The lowest BCUT2D eigenvalue weighted by molar-refractivity contribution is -0.140. The first kappa shape index (κ1) is 25.2. The summed E-state index contributed by atoms with van der Waals surface area (Å²) < 4.78 is 5.69. The average Bonchev–Trinajstić information content (AvgIpc) is 3.09. The highest BCUT2D eigenvalue weighted by Crippen LogP contribution is 2.41. The van der Waals surface area contributed by atoms with Gasteiger partial charge in [-0.2, -0.15) is 0 Å². The molecule has 0 aliphatic carbocycles. The van der Waals surface area contributed by atoms with E-state index in [1.807, 2.05) is 44.2 Å². The zero-order chi connectivity index (χ0) is 26.0. The summed E-state index contributed by atoms with van der Waals surface area (Å²) in [6.07, 6.45) is 3.35. The van der Waals surface area contributed by atoms with Gasteiger partial charge in [-0.25, -0.2) is 0 Å². The van der Waals surface area contributed by atoms with E-state index in [1.165, 1.54) is 4.90 Å². The standard InChI is InChI=1S/C30H32N2O4/c1-19(2)36-24-14-10-22(11-15-24)27(33)25-26(21-8-12-23(13-9-21)30(3,4)5)32(29(35)28(25)34)18-20-7-6-16-31-17-20/h6-17,19,26,33H,18H2,1-5H3/b27-25+/t26-/m1/s1. The number of aromatic nitrogens is 1. The van der Waals surface area contributed by atoms with Gasteiger partial charge in [0.05, 0.1) is 17.7 Å². The molecule has 1 aromatic heterocycles. The van der Waals surface area contributed by atoms with Crippen molar-refractivity contribution >= 4 is 17.4 Å². The highest BCUT2D eigenvalue weighted by Gasteiger charge is 2.46. The molecule has 0 saturated carbocycles. The Bertz CT molecular complexity index is 1270. The summed E-state index contributed by atoms with van der Waals surface area (Å²) in [7, 11) is 0. The summed E-state index contributed by atoms with van der Waals surface area (Å²) >= 11 is 0. The van der Waals surface area contributed by atoms with Gasteiger partial charge < -0.3 is 14.7 Å². The minimum Gasteiger partial charge on any atom is -0.507 e. The molecule has 3 aromatic rings. The van der Waals surface area contributed by atoms with Crippen molar-refractivity contribution in [2.45, 2.75) is 58.7 Å². The maximum atomic E-state index is 13.3. The van der Waals surface area contributed by atoms with Crippen LogP contribution < -0.4 is 4.74 Å². The molecule has 1 atom stereocenters. The summed E-state index contributed by atoms with van der Waals surface area (Å²) in [5.41, 5.74) is 3.16. The smallest absolute Gasteiger partial charge is 0.295 e. The van der Waals surface area contributed by atoms with Crippen molar-refractivity contribution < 1.29 is 19.4 Å². The van der Waals surface area contributed by atoms with Crippen molar-refractivity contribution in [3.05, 3.63) is 101 Å². The topological polar surface area (TPSA) is 79.7 Å². The molecule has 1 amide bonds. The van der Waals surface area contributed by atoms with Gasteiger partial charge in [0, 0.05) is 24.5 Å². The average molecular weight is 485 g/mol. The second kappa shape index (κ2) is 9.97. The molecule has 4 rings (SSSR count). The van der Waals surface area contributed by atoms with E-state index in [1.54, 1.807) is 42.7 Å². The summed E-state index contributed by atoms with van der Waals surface area (Å²) in [6.45, 7) is 10.4. The molecule has 2 heterocycles. The number of aliphatic hydroxyl groups is 1. The number of hydrogen-bond donors (Lipinski definition) is 1. The summed E-state index contributed by atoms with van der Waals surface area (Å²) in [4.78, 5) is 32.2. The number of likely N-dealkylation sites (tertiary alicyclic amines) is 1. The van der Waals surface area contributed by atoms with Crippen LogP contribution in [0.1, 0.15) is 62.9 Å². The number of Topliss-reactive ketones (excluding diaryl/α,β-unsaturated/α-hetero) is 1. The van der Waals surface area contributed by atoms with Gasteiger partial charge in [0.2, 0.25) is 0 Å². The molecule has 0 radical (unpaired) electrons. The Balaban J connectivity index is 1.80. The molecule has 0 unspecified atom stereocenters. The molecule has 6 heteroatoms. The lowest BCUT2D eigenvalue weighted by Crippen LogP contribution is -2.29. The molecule has 0 bridgehead atoms. The monoisotopic (exact) mass is 484 g/mol. The van der Waals surface area contributed by atoms with Gasteiger partial charge in [-0.3, -0.25) is 14.6 Å². The Morgan fingerprint density at radius 3 is 2.25 bits per heavy atom. The van der Waals surface area contributed by atoms with Gasteiger partial charge >= 0.3 is 0 Å². The van der Waals surface area contributed by atoms with E-state index in [2.05, 4.69) is 25.8 Å². The Hall–Kier alpha value is -3.93. The molecule has 1 saturated heterocycles. The lowest BCUT2D eigenvalue weighted by atomic mass is 9.85. The minimum atomic E-state index is -0.731. The van der Waals surface area contributed by atoms with Gasteiger partial charge in [-0.15, -0.1) is 0 Å². The number of pyridine rings is 1. The van der Waals surface area contributed by atoms with E-state index < -0.39 is 17.7 Å². The van der Waals surface area contributed by atoms with Crippen molar-refractivity contribution in [2.24, 2.45) is 0 Å². The molecule has 36 heavy (non-hydrogen) atoms. The van der Waals surface area contributed by atoms with Gasteiger partial charge in [0.1, 0.15) is 11.5 Å². The Kier molecular flexibility index (Phi) is 6.97. The van der Waals surface area contributed by atoms with Gasteiger partial charge in [-0.1, -0.05) is 51.1 Å². The Morgan fingerprint density at radius 1 is 1.03 bits per heavy atom. The summed E-state index contributed by atoms with van der Waals surface area (Å²) in [5.74, 6) is -0.898. The number of carbonyl (C=O) groups is 2. The van der Waals surface area contributed by atoms with E-state index in [-0.39, 0.29) is 29.4 Å². The van der Waals surface area contributed by atoms with E-state index in [0.29, 0.717) is 11.3 Å². The van der Waals surface area contributed by atoms with Crippen LogP contribution in [0.5, 0.6) is 5.75 Å². The predicted molar refractivity (Wildman–Crippen MR) is 139 cm³/mol. The number of benzene rings is 2. The first-order chi connectivity index (χ1) is 17.1. The van der Waals surface area contributed by atoms with Crippen molar-refractivity contribution in [3.63, 3.8) is 0 Å². The molecule has 186 valence electrons. The van der Waals surface area contributed by atoms with Crippen LogP contribution in [0.2, 0.25) is 0 Å². The number of carbonyl (C=O) groups excluding carboxylic acids is 2. The van der Waals surface area contributed by atoms with E-state index >= 15 is 0 Å². The quantitative estimate of drug-likeness (QED) is 0.272. The highest BCUT2D eigenvalue weighted by atomic mass is 16.5. The minimum absolute atomic E-state index is 0.0123. The number of nitrogens with zero attached hydrogens (tertiary/aromatic N) is 2. The first-order valence-electron chi connectivity index (χ1n) is 12.1. The van der Waals surface area contributed by atoms with Crippen LogP contribution >= 0.6 is 0 Å². The highest BCUT2D eigenvalue weighted by molar-refractivity contribution is 6.46. The van der Waals surface area contributed by atoms with E-state index in [0.717, 1.165) is 16.7 Å². The molecule has 1 aliphatic rings. The second-order valence-electron chi connectivity index (χ2n) is 10.4. The van der Waals surface area contributed by atoms with Gasteiger partial charge in [0.15, 0.2) is 0 Å². The molecule has 1 N–H and O–H groups in total. The van der Waals surface area contributed by atoms with Crippen molar-refractivity contribution in [2.75, 3.05) is 0 Å². The summed E-state index contributed by atoms with van der Waals surface area (Å²) in [6, 6.07) is 17.7. The third-order valence-corrected chi connectivity index (χ3v) is 6.21. The Morgan fingerprint density at radius 2 is 1.69 bits per heavy atom. The summed E-state index contributed by atoms with van der Waals surface area (Å²) in [5, 5.41) is 11.3. The largest absolute Gasteiger partial charge is 0.507 e.